The molecule has 0 saturated heterocycles. The standard InChI is InChI=1S/C14H15N5OS/c1-8-3-4-10-9(5-8)12(15)13(21-10)14(20)16-6-11-17-7-19(2)18-11/h3-5,7H,6,15H2,1-2H3,(H,16,20). The molecule has 0 fully saturated rings. The number of aryl methyl sites for hydroxylation is 2. The molecule has 3 rings (SSSR count). The van der Waals surface area contributed by atoms with Gasteiger partial charge in [-0.15, -0.1) is 11.3 Å². The average molecular weight is 301 g/mol. The van der Waals surface area contributed by atoms with Crippen LogP contribution in [0.2, 0.25) is 0 Å². The van der Waals surface area contributed by atoms with Gasteiger partial charge in [0.15, 0.2) is 5.82 Å². The van der Waals surface area contributed by atoms with Crippen molar-refractivity contribution in [3.8, 4) is 0 Å². The molecule has 7 heteroatoms. The van der Waals surface area contributed by atoms with Crippen LogP contribution in [0.1, 0.15) is 21.1 Å². The van der Waals surface area contributed by atoms with Gasteiger partial charge in [0.2, 0.25) is 0 Å². The molecule has 0 aliphatic carbocycles. The van der Waals surface area contributed by atoms with Crippen LogP contribution in [-0.2, 0) is 13.6 Å². The van der Waals surface area contributed by atoms with Crippen LogP contribution >= 0.6 is 11.3 Å². The summed E-state index contributed by atoms with van der Waals surface area (Å²) in [6.45, 7) is 2.29. The molecule has 1 amide bonds. The molecule has 0 aliphatic heterocycles. The van der Waals surface area contributed by atoms with E-state index in [0.29, 0.717) is 16.4 Å². The highest BCUT2D eigenvalue weighted by atomic mass is 32.1. The number of rotatable bonds is 3. The second-order valence-corrected chi connectivity index (χ2v) is 5.91. The molecule has 21 heavy (non-hydrogen) atoms. The number of carbonyl (C=O) groups excluding carboxylic acids is 1. The maximum absolute atomic E-state index is 12.3. The fourth-order valence-electron chi connectivity index (χ4n) is 2.10. The van der Waals surface area contributed by atoms with E-state index >= 15 is 0 Å². The lowest BCUT2D eigenvalue weighted by atomic mass is 10.1. The van der Waals surface area contributed by atoms with Crippen LogP contribution in [0.3, 0.4) is 0 Å². The van der Waals surface area contributed by atoms with Gasteiger partial charge in [0.25, 0.3) is 5.91 Å². The smallest absolute Gasteiger partial charge is 0.263 e. The van der Waals surface area contributed by atoms with Crippen LogP contribution in [0, 0.1) is 6.92 Å². The molecule has 0 saturated carbocycles. The van der Waals surface area contributed by atoms with Crippen molar-refractivity contribution in [1.82, 2.24) is 20.1 Å². The molecule has 0 atom stereocenters. The molecule has 2 aromatic heterocycles. The number of benzene rings is 1. The van der Waals surface area contributed by atoms with Crippen molar-refractivity contribution in [2.45, 2.75) is 13.5 Å². The summed E-state index contributed by atoms with van der Waals surface area (Å²) in [5.41, 5.74) is 7.75. The van der Waals surface area contributed by atoms with Crippen LogP contribution in [-0.4, -0.2) is 20.7 Å². The zero-order valence-corrected chi connectivity index (χ0v) is 12.6. The number of hydrogen-bond acceptors (Lipinski definition) is 5. The van der Waals surface area contributed by atoms with Crippen molar-refractivity contribution in [2.75, 3.05) is 5.73 Å². The minimum Gasteiger partial charge on any atom is -0.397 e. The van der Waals surface area contributed by atoms with Crippen LogP contribution < -0.4 is 11.1 Å². The molecule has 0 unspecified atom stereocenters. The molecule has 3 N–H and O–H groups in total. The number of nitrogens with zero attached hydrogens (tertiary/aromatic N) is 3. The first-order valence-electron chi connectivity index (χ1n) is 6.46. The van der Waals surface area contributed by atoms with Gasteiger partial charge in [-0.2, -0.15) is 5.10 Å². The second-order valence-electron chi connectivity index (χ2n) is 4.86. The minimum atomic E-state index is -0.196. The number of nitrogens with two attached hydrogens (primary N) is 1. The third-order valence-electron chi connectivity index (χ3n) is 3.14. The summed E-state index contributed by atoms with van der Waals surface area (Å²) < 4.78 is 2.61. The van der Waals surface area contributed by atoms with Crippen LogP contribution in [0.5, 0.6) is 0 Å². The highest BCUT2D eigenvalue weighted by Crippen LogP contribution is 2.34. The molecule has 6 nitrogen and oxygen atoms in total. The van der Waals surface area contributed by atoms with E-state index in [-0.39, 0.29) is 12.5 Å². The lowest BCUT2D eigenvalue weighted by molar-refractivity contribution is 0.0955. The molecule has 3 aromatic rings. The Kier molecular flexibility index (Phi) is 3.34. The van der Waals surface area contributed by atoms with Gasteiger partial charge in [0.1, 0.15) is 11.2 Å². The first kappa shape index (κ1) is 13.6. The molecule has 108 valence electrons. The lowest BCUT2D eigenvalue weighted by Gasteiger charge is -2.01. The van der Waals surface area contributed by atoms with Crippen LogP contribution in [0.25, 0.3) is 10.1 Å². The summed E-state index contributed by atoms with van der Waals surface area (Å²) in [5, 5.41) is 7.85. The monoisotopic (exact) mass is 301 g/mol. The van der Waals surface area contributed by atoms with Gasteiger partial charge in [-0.3, -0.25) is 9.48 Å². The number of anilines is 1. The summed E-state index contributed by atoms with van der Waals surface area (Å²) in [4.78, 5) is 16.9. The van der Waals surface area contributed by atoms with Gasteiger partial charge >= 0.3 is 0 Å². The summed E-state index contributed by atoms with van der Waals surface area (Å²) in [5.74, 6) is 0.375. The Morgan fingerprint density at radius 1 is 1.48 bits per heavy atom. The maximum Gasteiger partial charge on any atom is 0.263 e. The molecule has 0 radical (unpaired) electrons. The summed E-state index contributed by atoms with van der Waals surface area (Å²) >= 11 is 1.40. The molecule has 0 aliphatic rings. The van der Waals surface area contributed by atoms with E-state index < -0.39 is 0 Å². The molecule has 0 bridgehead atoms. The Bertz CT molecular complexity index is 820. The largest absolute Gasteiger partial charge is 0.397 e. The van der Waals surface area contributed by atoms with Gasteiger partial charge < -0.3 is 11.1 Å². The van der Waals surface area contributed by atoms with Gasteiger partial charge in [-0.1, -0.05) is 11.6 Å². The predicted octanol–water partition coefficient (Wildman–Crippen LogP) is 1.85. The van der Waals surface area contributed by atoms with Crippen molar-refractivity contribution in [1.29, 1.82) is 0 Å². The van der Waals surface area contributed by atoms with E-state index in [1.165, 1.54) is 11.3 Å². The van der Waals surface area contributed by atoms with Crippen molar-refractivity contribution in [3.63, 3.8) is 0 Å². The van der Waals surface area contributed by atoms with Crippen molar-refractivity contribution in [3.05, 3.63) is 40.8 Å². The third kappa shape index (κ3) is 2.59. The fraction of sp³-hybridized carbons (Fsp3) is 0.214. The fourth-order valence-corrected chi connectivity index (χ4v) is 3.12. The normalized spacial score (nSPS) is 11.0. The van der Waals surface area contributed by atoms with Crippen molar-refractivity contribution in [2.24, 2.45) is 7.05 Å². The highest BCUT2D eigenvalue weighted by Gasteiger charge is 2.16. The maximum atomic E-state index is 12.3. The number of amides is 1. The van der Waals surface area contributed by atoms with Crippen molar-refractivity contribution < 1.29 is 4.79 Å². The zero-order valence-electron chi connectivity index (χ0n) is 11.8. The van der Waals surface area contributed by atoms with E-state index in [1.807, 2.05) is 25.1 Å². The number of hydrogen-bond donors (Lipinski definition) is 2. The Morgan fingerprint density at radius 2 is 2.29 bits per heavy atom. The summed E-state index contributed by atoms with van der Waals surface area (Å²) in [6, 6.07) is 6.00. The quantitative estimate of drug-likeness (QED) is 0.773. The Morgan fingerprint density at radius 3 is 3.00 bits per heavy atom. The van der Waals surface area contributed by atoms with Gasteiger partial charge in [0, 0.05) is 17.1 Å². The molecular weight excluding hydrogens is 286 g/mol. The van der Waals surface area contributed by atoms with E-state index in [9.17, 15) is 4.79 Å². The SMILES string of the molecule is Cc1ccc2sc(C(=O)NCc3ncn(C)n3)c(N)c2c1. The number of aromatic nitrogens is 3. The van der Waals surface area contributed by atoms with Crippen LogP contribution in [0.4, 0.5) is 5.69 Å². The number of nitrogens with one attached hydrogen (secondary N) is 1. The molecule has 2 heterocycles. The van der Waals surface area contributed by atoms with Gasteiger partial charge in [-0.05, 0) is 19.1 Å². The molecular formula is C14H15N5OS. The second kappa shape index (κ2) is 5.17. The Labute approximate surface area is 125 Å². The molecule has 1 aromatic carbocycles. The average Bonchev–Trinajstić information content (AvgIpc) is 3.01. The lowest BCUT2D eigenvalue weighted by Crippen LogP contribution is -2.23. The highest BCUT2D eigenvalue weighted by molar-refractivity contribution is 7.21. The van der Waals surface area contributed by atoms with Gasteiger partial charge in [0.05, 0.1) is 12.2 Å². The minimum absolute atomic E-state index is 0.196. The first-order valence-corrected chi connectivity index (χ1v) is 7.27. The topological polar surface area (TPSA) is 85.8 Å². The van der Waals surface area contributed by atoms with Gasteiger partial charge in [-0.25, -0.2) is 4.98 Å². The number of nitrogen functional groups attached to an aromatic ring is 1. The zero-order chi connectivity index (χ0) is 15.0. The Hall–Kier alpha value is -2.41. The first-order chi connectivity index (χ1) is 10.0. The third-order valence-corrected chi connectivity index (χ3v) is 4.33. The Balaban J connectivity index is 1.82. The summed E-state index contributed by atoms with van der Waals surface area (Å²) in [6.07, 6.45) is 1.60. The molecule has 0 spiro atoms. The number of thiophene rings is 1. The van der Waals surface area contributed by atoms with Crippen molar-refractivity contribution >= 4 is 33.0 Å². The summed E-state index contributed by atoms with van der Waals surface area (Å²) in [7, 11) is 1.78. The number of fused-ring (bicyclic) bond motifs is 1. The van der Waals surface area contributed by atoms with E-state index in [2.05, 4.69) is 15.4 Å². The number of carbonyl (C=O) groups is 1. The van der Waals surface area contributed by atoms with E-state index in [4.69, 9.17) is 5.73 Å². The van der Waals surface area contributed by atoms with E-state index in [1.54, 1.807) is 18.1 Å². The van der Waals surface area contributed by atoms with Crippen LogP contribution in [0.15, 0.2) is 24.5 Å². The predicted molar refractivity (Wildman–Crippen MR) is 83.1 cm³/mol. The van der Waals surface area contributed by atoms with E-state index in [0.717, 1.165) is 15.6 Å².